The maximum atomic E-state index is 10.1. The molecule has 1 aliphatic rings. The van der Waals surface area contributed by atoms with E-state index in [1.54, 1.807) is 13.1 Å². The number of likely N-dealkylation sites (tertiary alicyclic amines) is 1. The molecule has 5 nitrogen and oxygen atoms in total. The van der Waals surface area contributed by atoms with Crippen LogP contribution in [-0.2, 0) is 6.54 Å². The molecular formula is C16H24N4OS. The second-order valence-corrected chi connectivity index (χ2v) is 5.98. The fraction of sp³-hybridized carbons (Fsp3) is 0.500. The molecule has 2 rings (SSSR count). The molecule has 0 unspecified atom stereocenters. The van der Waals surface area contributed by atoms with Crippen molar-refractivity contribution in [2.45, 2.75) is 32.7 Å². The number of aromatic hydroxyl groups is 1. The van der Waals surface area contributed by atoms with Gasteiger partial charge in [-0.2, -0.15) is 5.10 Å². The third-order valence-corrected chi connectivity index (χ3v) is 4.19. The molecule has 0 bridgehead atoms. The van der Waals surface area contributed by atoms with Gasteiger partial charge in [0.25, 0.3) is 0 Å². The second kappa shape index (κ2) is 8.10. The van der Waals surface area contributed by atoms with E-state index in [9.17, 15) is 5.11 Å². The van der Waals surface area contributed by atoms with Crippen molar-refractivity contribution >= 4 is 23.0 Å². The van der Waals surface area contributed by atoms with Gasteiger partial charge in [0.15, 0.2) is 5.11 Å². The van der Waals surface area contributed by atoms with Crippen LogP contribution in [0.25, 0.3) is 0 Å². The zero-order chi connectivity index (χ0) is 15.9. The molecule has 6 heteroatoms. The van der Waals surface area contributed by atoms with Crippen LogP contribution in [0.4, 0.5) is 0 Å². The number of phenolic OH excluding ortho intramolecular Hbond substituents is 1. The minimum Gasteiger partial charge on any atom is -0.508 e. The van der Waals surface area contributed by atoms with Gasteiger partial charge in [0.1, 0.15) is 5.75 Å². The summed E-state index contributed by atoms with van der Waals surface area (Å²) in [6.07, 6.45) is 3.80. The van der Waals surface area contributed by atoms with E-state index in [0.29, 0.717) is 10.9 Å². The van der Waals surface area contributed by atoms with Gasteiger partial charge in [0, 0.05) is 19.2 Å². The molecule has 0 saturated carbocycles. The highest BCUT2D eigenvalue weighted by molar-refractivity contribution is 7.80. The molecule has 1 heterocycles. The van der Waals surface area contributed by atoms with Crippen molar-refractivity contribution in [1.82, 2.24) is 15.6 Å². The lowest BCUT2D eigenvalue weighted by atomic mass is 10.0. The van der Waals surface area contributed by atoms with Crippen molar-refractivity contribution in [3.05, 3.63) is 29.3 Å². The number of nitrogens with zero attached hydrogens (tertiary/aromatic N) is 2. The Morgan fingerprint density at radius 2 is 2.05 bits per heavy atom. The largest absolute Gasteiger partial charge is 0.508 e. The topological polar surface area (TPSA) is 59.9 Å². The van der Waals surface area contributed by atoms with Gasteiger partial charge in [-0.25, -0.2) is 0 Å². The Hall–Kier alpha value is -1.66. The highest BCUT2D eigenvalue weighted by Gasteiger charge is 2.13. The van der Waals surface area contributed by atoms with Gasteiger partial charge in [0.05, 0.1) is 5.71 Å². The lowest BCUT2D eigenvalue weighted by molar-refractivity contribution is 0.218. The zero-order valence-corrected chi connectivity index (χ0v) is 14.0. The lowest BCUT2D eigenvalue weighted by Gasteiger charge is -2.26. The number of rotatable bonds is 4. The number of hydrogen-bond acceptors (Lipinski definition) is 4. The predicted octanol–water partition coefficient (Wildman–Crippen LogP) is 2.20. The number of thiocarbonyl (C=S) groups is 1. The first kappa shape index (κ1) is 16.7. The summed E-state index contributed by atoms with van der Waals surface area (Å²) in [4.78, 5) is 2.39. The van der Waals surface area contributed by atoms with Gasteiger partial charge >= 0.3 is 0 Å². The highest BCUT2D eigenvalue weighted by atomic mass is 32.1. The number of hydrogen-bond donors (Lipinski definition) is 3. The average Bonchev–Trinajstić information content (AvgIpc) is 2.55. The number of benzene rings is 1. The molecule has 1 aromatic carbocycles. The summed E-state index contributed by atoms with van der Waals surface area (Å²) >= 11 is 5.00. The van der Waals surface area contributed by atoms with Crippen LogP contribution in [0.1, 0.15) is 37.3 Å². The predicted molar refractivity (Wildman–Crippen MR) is 94.2 cm³/mol. The van der Waals surface area contributed by atoms with E-state index in [4.69, 9.17) is 12.2 Å². The number of nitrogens with one attached hydrogen (secondary N) is 2. The quantitative estimate of drug-likeness (QED) is 0.451. The van der Waals surface area contributed by atoms with Crippen molar-refractivity contribution in [3.8, 4) is 5.75 Å². The Morgan fingerprint density at radius 1 is 1.32 bits per heavy atom. The van der Waals surface area contributed by atoms with E-state index in [0.717, 1.165) is 36.5 Å². The van der Waals surface area contributed by atoms with E-state index in [-0.39, 0.29) is 0 Å². The fourth-order valence-corrected chi connectivity index (χ4v) is 2.60. The Bertz CT molecular complexity index is 553. The number of phenols is 1. The molecular weight excluding hydrogens is 296 g/mol. The summed E-state index contributed by atoms with van der Waals surface area (Å²) in [7, 11) is 1.75. The van der Waals surface area contributed by atoms with Crippen LogP contribution in [0.15, 0.2) is 23.3 Å². The van der Waals surface area contributed by atoms with Crippen molar-refractivity contribution in [2.24, 2.45) is 5.10 Å². The van der Waals surface area contributed by atoms with Gasteiger partial charge in [-0.1, -0.05) is 6.42 Å². The maximum absolute atomic E-state index is 10.1. The van der Waals surface area contributed by atoms with E-state index in [1.807, 2.05) is 19.1 Å². The summed E-state index contributed by atoms with van der Waals surface area (Å²) < 4.78 is 0. The Labute approximate surface area is 137 Å². The summed E-state index contributed by atoms with van der Waals surface area (Å²) in [6.45, 7) is 4.92. The third-order valence-electron chi connectivity index (χ3n) is 3.89. The molecule has 0 radical (unpaired) electrons. The maximum Gasteiger partial charge on any atom is 0.186 e. The van der Waals surface area contributed by atoms with E-state index in [2.05, 4.69) is 20.7 Å². The van der Waals surface area contributed by atoms with Crippen LogP contribution >= 0.6 is 12.2 Å². The Kier molecular flexibility index (Phi) is 6.15. The lowest BCUT2D eigenvalue weighted by Crippen LogP contribution is -2.29. The summed E-state index contributed by atoms with van der Waals surface area (Å²) in [5.41, 5.74) is 5.54. The molecule has 1 aliphatic heterocycles. The second-order valence-electron chi connectivity index (χ2n) is 5.57. The molecule has 22 heavy (non-hydrogen) atoms. The number of piperidine rings is 1. The first-order valence-corrected chi connectivity index (χ1v) is 8.07. The highest BCUT2D eigenvalue weighted by Crippen LogP contribution is 2.22. The first-order valence-electron chi connectivity index (χ1n) is 7.67. The van der Waals surface area contributed by atoms with Crippen LogP contribution in [0.5, 0.6) is 5.75 Å². The molecule has 0 aromatic heterocycles. The van der Waals surface area contributed by atoms with Crippen molar-refractivity contribution in [3.63, 3.8) is 0 Å². The SMILES string of the molecule is CNC(=S)N/N=C(\C)c1ccc(O)c(CN2CCCCC2)c1. The summed E-state index contributed by atoms with van der Waals surface area (Å²) in [6, 6.07) is 5.62. The van der Waals surface area contributed by atoms with Crippen molar-refractivity contribution < 1.29 is 5.11 Å². The molecule has 1 aromatic rings. The van der Waals surface area contributed by atoms with Gasteiger partial charge in [-0.3, -0.25) is 10.3 Å². The zero-order valence-electron chi connectivity index (χ0n) is 13.2. The molecule has 3 N–H and O–H groups in total. The van der Waals surface area contributed by atoms with E-state index in [1.165, 1.54) is 19.3 Å². The smallest absolute Gasteiger partial charge is 0.186 e. The van der Waals surface area contributed by atoms with Crippen LogP contribution in [-0.4, -0.2) is 41.0 Å². The molecule has 0 aliphatic carbocycles. The van der Waals surface area contributed by atoms with Crippen LogP contribution in [0.3, 0.4) is 0 Å². The van der Waals surface area contributed by atoms with Gasteiger partial charge in [-0.15, -0.1) is 0 Å². The normalized spacial score (nSPS) is 16.4. The molecule has 0 amide bonds. The van der Waals surface area contributed by atoms with Crippen LogP contribution in [0, 0.1) is 0 Å². The van der Waals surface area contributed by atoms with Crippen LogP contribution < -0.4 is 10.7 Å². The van der Waals surface area contributed by atoms with E-state index < -0.39 is 0 Å². The van der Waals surface area contributed by atoms with Crippen LogP contribution in [0.2, 0.25) is 0 Å². The minimum atomic E-state index is 0.348. The van der Waals surface area contributed by atoms with Crippen molar-refractivity contribution in [1.29, 1.82) is 0 Å². The molecule has 1 saturated heterocycles. The third kappa shape index (κ3) is 4.68. The van der Waals surface area contributed by atoms with Gasteiger partial charge < -0.3 is 10.4 Å². The molecule has 1 fully saturated rings. The van der Waals surface area contributed by atoms with Crippen molar-refractivity contribution in [2.75, 3.05) is 20.1 Å². The average molecular weight is 320 g/mol. The summed E-state index contributed by atoms with van der Waals surface area (Å²) in [5, 5.41) is 17.6. The Balaban J connectivity index is 2.09. The standard InChI is InChI=1S/C16H24N4OS/c1-12(18-19-16(22)17-2)13-6-7-15(21)14(10-13)11-20-8-4-3-5-9-20/h6-7,10,21H,3-5,8-9,11H2,1-2H3,(H2,17,19,22)/b18-12+. The number of hydrazone groups is 1. The van der Waals surface area contributed by atoms with E-state index >= 15 is 0 Å². The molecule has 0 spiro atoms. The first-order chi connectivity index (χ1) is 10.6. The molecule has 120 valence electrons. The molecule has 0 atom stereocenters. The van der Waals surface area contributed by atoms with Gasteiger partial charge in [0.2, 0.25) is 0 Å². The summed E-state index contributed by atoms with van der Waals surface area (Å²) in [5.74, 6) is 0.348. The fourth-order valence-electron chi connectivity index (χ4n) is 2.55. The minimum absolute atomic E-state index is 0.348. The monoisotopic (exact) mass is 320 g/mol. The Morgan fingerprint density at radius 3 is 2.73 bits per heavy atom. The van der Waals surface area contributed by atoms with Gasteiger partial charge in [-0.05, 0) is 68.8 Å².